The van der Waals surface area contributed by atoms with Crippen molar-refractivity contribution in [2.75, 3.05) is 47.8 Å². The van der Waals surface area contributed by atoms with Gasteiger partial charge in [-0.25, -0.2) is 0 Å². The normalized spacial score (nSPS) is 22.9. The van der Waals surface area contributed by atoms with Crippen molar-refractivity contribution in [3.05, 3.63) is 47.5 Å². The Bertz CT molecular complexity index is 1330. The smallest absolute Gasteiger partial charge is 0.245 e. The van der Waals surface area contributed by atoms with Crippen LogP contribution in [0.1, 0.15) is 30.4 Å². The van der Waals surface area contributed by atoms with Crippen molar-refractivity contribution in [2.45, 2.75) is 62.4 Å². The molecule has 240 valence electrons. The number of piperidine rings is 1. The van der Waals surface area contributed by atoms with Crippen molar-refractivity contribution in [2.24, 2.45) is 0 Å². The van der Waals surface area contributed by atoms with Gasteiger partial charge in [0.05, 0.1) is 12.1 Å². The number of likely N-dealkylation sites (N-methyl/N-ethyl adjacent to an activating group) is 3. The minimum atomic E-state index is -1.14. The zero-order chi connectivity index (χ0) is 32.0. The number of carbonyl (C=O) groups is 3. The Morgan fingerprint density at radius 2 is 1.57 bits per heavy atom. The minimum absolute atomic E-state index is 0.0143. The number of rotatable bonds is 7. The van der Waals surface area contributed by atoms with Gasteiger partial charge in [0.2, 0.25) is 17.7 Å². The Labute approximate surface area is 258 Å². The van der Waals surface area contributed by atoms with Crippen LogP contribution < -0.4 is 21.3 Å². The summed E-state index contributed by atoms with van der Waals surface area (Å²) in [5, 5.41) is 43.9. The molecule has 12 nitrogen and oxygen atoms in total. The lowest BCUT2D eigenvalue weighted by Gasteiger charge is -2.35. The lowest BCUT2D eigenvalue weighted by atomic mass is 9.95. The number of aromatic hydroxyl groups is 2. The number of benzene rings is 2. The third-order valence-corrected chi connectivity index (χ3v) is 8.74. The molecule has 7 N–H and O–H groups in total. The van der Waals surface area contributed by atoms with Gasteiger partial charge in [0.15, 0.2) is 0 Å². The van der Waals surface area contributed by atoms with Gasteiger partial charge in [0, 0.05) is 38.9 Å². The summed E-state index contributed by atoms with van der Waals surface area (Å²) in [5.74, 6) is -1.38. The second kappa shape index (κ2) is 14.8. The molecule has 0 saturated carbocycles. The maximum atomic E-state index is 14.1. The average Bonchev–Trinajstić information content (AvgIpc) is 3.00. The molecular weight excluding hydrogens is 564 g/mol. The molecule has 4 rings (SSSR count). The summed E-state index contributed by atoms with van der Waals surface area (Å²) < 4.78 is 0. The summed E-state index contributed by atoms with van der Waals surface area (Å²) in [6, 6.07) is 7.18. The number of nitrogens with one attached hydrogen (secondary N) is 4. The number of nitrogens with zero attached hydrogens (tertiary/aromatic N) is 2. The van der Waals surface area contributed by atoms with Crippen molar-refractivity contribution >= 4 is 17.7 Å². The number of phenols is 2. The van der Waals surface area contributed by atoms with E-state index in [2.05, 4.69) is 26.2 Å². The van der Waals surface area contributed by atoms with Crippen LogP contribution in [0.3, 0.4) is 0 Å². The monoisotopic (exact) mass is 610 g/mol. The quantitative estimate of drug-likeness (QED) is 0.227. The average molecular weight is 611 g/mol. The Hall–Kier alpha value is -3.71. The van der Waals surface area contributed by atoms with Crippen LogP contribution in [0.15, 0.2) is 36.4 Å². The summed E-state index contributed by atoms with van der Waals surface area (Å²) in [6.45, 7) is 1.87. The van der Waals surface area contributed by atoms with Crippen LogP contribution in [0.4, 0.5) is 0 Å². The molecule has 0 spiro atoms. The number of fused-ring (bicyclic) bond motifs is 5. The standard InChI is InChI=1S/C32H46N6O6/c1-33-18-24(39)17-26-32(44)38(4)27(31(43)35-23-9-11-37(3)12-10-23)16-22-14-20(6-8-29(22)41)19-5-7-28(40)21(13-19)15-25(34-2)30(42)36-26/h5-8,13-14,23-27,33-34,39-41H,9-12,15-18H2,1-4H3,(H,35,43)(H,36,42)/t24-,25+,26+,27+/m1/s1. The zero-order valence-electron chi connectivity index (χ0n) is 26.0. The first kappa shape index (κ1) is 33.2. The summed E-state index contributed by atoms with van der Waals surface area (Å²) in [7, 11) is 6.84. The number of hydrogen-bond donors (Lipinski definition) is 7. The van der Waals surface area contributed by atoms with Crippen LogP contribution in [0.5, 0.6) is 11.5 Å². The van der Waals surface area contributed by atoms with Crippen LogP contribution in [-0.4, -0.2) is 121 Å². The van der Waals surface area contributed by atoms with E-state index in [1.165, 1.54) is 11.9 Å². The molecule has 3 amide bonds. The van der Waals surface area contributed by atoms with E-state index < -0.39 is 36.0 Å². The Morgan fingerprint density at radius 1 is 0.977 bits per heavy atom. The van der Waals surface area contributed by atoms with E-state index in [1.54, 1.807) is 50.5 Å². The third-order valence-electron chi connectivity index (χ3n) is 8.74. The first-order valence-electron chi connectivity index (χ1n) is 15.2. The number of aliphatic hydroxyl groups is 1. The summed E-state index contributed by atoms with van der Waals surface area (Å²) >= 11 is 0. The predicted molar refractivity (Wildman–Crippen MR) is 167 cm³/mol. The van der Waals surface area contributed by atoms with Crippen LogP contribution >= 0.6 is 0 Å². The first-order valence-corrected chi connectivity index (χ1v) is 15.2. The highest BCUT2D eigenvalue weighted by molar-refractivity contribution is 5.93. The van der Waals surface area contributed by atoms with E-state index in [-0.39, 0.29) is 49.3 Å². The molecular formula is C32H46N6O6. The van der Waals surface area contributed by atoms with Crippen molar-refractivity contribution in [3.63, 3.8) is 0 Å². The van der Waals surface area contributed by atoms with Crippen molar-refractivity contribution < 1.29 is 29.7 Å². The predicted octanol–water partition coefficient (Wildman–Crippen LogP) is -0.0560. The van der Waals surface area contributed by atoms with E-state index in [9.17, 15) is 29.7 Å². The van der Waals surface area contributed by atoms with Crippen molar-refractivity contribution in [1.82, 2.24) is 31.1 Å². The molecule has 1 saturated heterocycles. The van der Waals surface area contributed by atoms with Gasteiger partial charge in [0.25, 0.3) is 0 Å². The molecule has 0 unspecified atom stereocenters. The molecule has 2 aromatic rings. The third kappa shape index (κ3) is 8.06. The maximum Gasteiger partial charge on any atom is 0.245 e. The van der Waals surface area contributed by atoms with Crippen LogP contribution in [0, 0.1) is 0 Å². The summed E-state index contributed by atoms with van der Waals surface area (Å²) in [4.78, 5) is 45.1. The van der Waals surface area contributed by atoms with E-state index in [4.69, 9.17) is 0 Å². The fraction of sp³-hybridized carbons (Fsp3) is 0.531. The van der Waals surface area contributed by atoms with Gasteiger partial charge in [-0.05, 0) is 93.6 Å². The van der Waals surface area contributed by atoms with Crippen molar-refractivity contribution in [3.8, 4) is 22.6 Å². The highest BCUT2D eigenvalue weighted by Gasteiger charge is 2.36. The Balaban J connectivity index is 1.78. The molecule has 0 aromatic heterocycles. The molecule has 4 atom stereocenters. The Kier molecular flexibility index (Phi) is 11.2. The van der Waals surface area contributed by atoms with E-state index in [0.717, 1.165) is 37.1 Å². The molecule has 1 fully saturated rings. The Morgan fingerprint density at radius 3 is 2.14 bits per heavy atom. The van der Waals surface area contributed by atoms with Crippen LogP contribution in [0.2, 0.25) is 0 Å². The topological polar surface area (TPSA) is 167 Å². The second-order valence-corrected chi connectivity index (χ2v) is 12.0. The molecule has 44 heavy (non-hydrogen) atoms. The zero-order valence-corrected chi connectivity index (χ0v) is 26.0. The van der Waals surface area contributed by atoms with Gasteiger partial charge < -0.3 is 46.4 Å². The lowest BCUT2D eigenvalue weighted by Crippen LogP contribution is -2.59. The highest BCUT2D eigenvalue weighted by Crippen LogP contribution is 2.31. The van der Waals surface area contributed by atoms with Crippen molar-refractivity contribution in [1.29, 1.82) is 0 Å². The SMILES string of the molecule is CNC[C@H](O)C[C@@H]1NC(=O)[C@@H](NC)Cc2cc(ccc2O)-c2ccc(O)c(c2)C[C@@H](C(=O)NC2CCN(C)CC2)N(C)C1=O. The molecule has 4 bridgehead atoms. The fourth-order valence-corrected chi connectivity index (χ4v) is 5.95. The molecule has 12 heteroatoms. The number of aliphatic hydroxyl groups excluding tert-OH is 1. The number of amides is 3. The summed E-state index contributed by atoms with van der Waals surface area (Å²) in [6.07, 6.45) is 0.657. The van der Waals surface area contributed by atoms with Gasteiger partial charge in [-0.15, -0.1) is 0 Å². The maximum absolute atomic E-state index is 14.1. The molecule has 0 aliphatic carbocycles. The minimum Gasteiger partial charge on any atom is -0.508 e. The van der Waals surface area contributed by atoms with Gasteiger partial charge in [-0.2, -0.15) is 0 Å². The largest absolute Gasteiger partial charge is 0.508 e. The molecule has 2 aromatic carbocycles. The first-order chi connectivity index (χ1) is 21.0. The van der Waals surface area contributed by atoms with Crippen LogP contribution in [-0.2, 0) is 27.2 Å². The number of likely N-dealkylation sites (tertiary alicyclic amines) is 1. The van der Waals surface area contributed by atoms with E-state index in [1.807, 2.05) is 7.05 Å². The van der Waals surface area contributed by atoms with Gasteiger partial charge in [-0.3, -0.25) is 14.4 Å². The number of hydrogen-bond acceptors (Lipinski definition) is 9. The molecule has 2 heterocycles. The fourth-order valence-electron chi connectivity index (χ4n) is 5.95. The molecule has 0 radical (unpaired) electrons. The number of carbonyl (C=O) groups excluding carboxylic acids is 3. The van der Waals surface area contributed by atoms with Gasteiger partial charge in [-0.1, -0.05) is 12.1 Å². The van der Waals surface area contributed by atoms with Crippen LogP contribution in [0.25, 0.3) is 11.1 Å². The molecule has 2 aliphatic heterocycles. The van der Waals surface area contributed by atoms with Gasteiger partial charge in [0.1, 0.15) is 23.6 Å². The highest BCUT2D eigenvalue weighted by atomic mass is 16.3. The second-order valence-electron chi connectivity index (χ2n) is 12.0. The number of phenolic OH excluding ortho intramolecular Hbond substituents is 2. The lowest BCUT2D eigenvalue weighted by molar-refractivity contribution is -0.143. The summed E-state index contributed by atoms with van der Waals surface area (Å²) in [5.41, 5.74) is 2.50. The van der Waals surface area contributed by atoms with E-state index >= 15 is 0 Å². The van der Waals surface area contributed by atoms with E-state index in [0.29, 0.717) is 11.1 Å². The van der Waals surface area contributed by atoms with Gasteiger partial charge >= 0.3 is 0 Å². The molecule has 2 aliphatic rings.